The Bertz CT molecular complexity index is 927. The van der Waals surface area contributed by atoms with E-state index in [0.29, 0.717) is 29.7 Å². The van der Waals surface area contributed by atoms with Crippen LogP contribution in [0.25, 0.3) is 10.8 Å². The Morgan fingerprint density at radius 1 is 1.07 bits per heavy atom. The van der Waals surface area contributed by atoms with E-state index in [1.165, 1.54) is 0 Å². The van der Waals surface area contributed by atoms with Crippen molar-refractivity contribution in [3.8, 4) is 0 Å². The Morgan fingerprint density at radius 3 is 2.50 bits per heavy atom. The van der Waals surface area contributed by atoms with E-state index < -0.39 is 0 Å². The second-order valence-corrected chi connectivity index (χ2v) is 6.80. The molecule has 2 aliphatic heterocycles. The molecule has 7 nitrogen and oxygen atoms in total. The first-order chi connectivity index (χ1) is 13.6. The van der Waals surface area contributed by atoms with Crippen molar-refractivity contribution in [2.75, 3.05) is 44.4 Å². The molecule has 4 rings (SSSR count). The molecule has 1 fully saturated rings. The Balaban J connectivity index is 1.69. The maximum atomic E-state index is 13.0. The summed E-state index contributed by atoms with van der Waals surface area (Å²) in [4.78, 5) is 40.7. The van der Waals surface area contributed by atoms with Crippen molar-refractivity contribution in [2.24, 2.45) is 0 Å². The number of carbonyl (C=O) groups is 3. The minimum Gasteiger partial charge on any atom is -0.464 e. The highest BCUT2D eigenvalue weighted by atomic mass is 16.5. The molecule has 0 spiro atoms. The highest BCUT2D eigenvalue weighted by molar-refractivity contribution is 6.26. The average molecular weight is 382 g/mol. The van der Waals surface area contributed by atoms with Crippen LogP contribution < -0.4 is 4.90 Å². The first-order valence-electron chi connectivity index (χ1n) is 9.52. The SMILES string of the molecule is CCC(=O)OCCN1C(=O)c2cccc3c(N4CCOCC4)ccc(c23)C1=O. The van der Waals surface area contributed by atoms with Gasteiger partial charge in [0.05, 0.1) is 19.8 Å². The normalized spacial score (nSPS) is 16.6. The van der Waals surface area contributed by atoms with Gasteiger partial charge in [0, 0.05) is 47.1 Å². The third-order valence-corrected chi connectivity index (χ3v) is 5.19. The summed E-state index contributed by atoms with van der Waals surface area (Å²) in [5, 5.41) is 1.60. The molecule has 28 heavy (non-hydrogen) atoms. The Hall–Kier alpha value is -2.93. The van der Waals surface area contributed by atoms with Crippen molar-refractivity contribution in [1.29, 1.82) is 0 Å². The fourth-order valence-corrected chi connectivity index (χ4v) is 3.77. The molecule has 0 aliphatic carbocycles. The molecule has 0 bridgehead atoms. The maximum absolute atomic E-state index is 13.0. The molecule has 2 amide bonds. The van der Waals surface area contributed by atoms with Crippen molar-refractivity contribution in [2.45, 2.75) is 13.3 Å². The number of benzene rings is 2. The Kier molecular flexibility index (Phi) is 5.00. The average Bonchev–Trinajstić information content (AvgIpc) is 2.74. The van der Waals surface area contributed by atoms with Gasteiger partial charge < -0.3 is 14.4 Å². The first kappa shape index (κ1) is 18.4. The summed E-state index contributed by atoms with van der Waals surface area (Å²) < 4.78 is 10.5. The second kappa shape index (κ2) is 7.59. The smallest absolute Gasteiger partial charge is 0.305 e. The van der Waals surface area contributed by atoms with Crippen LogP contribution in [0.4, 0.5) is 5.69 Å². The fraction of sp³-hybridized carbons (Fsp3) is 0.381. The van der Waals surface area contributed by atoms with E-state index in [0.717, 1.165) is 29.1 Å². The molecule has 2 aromatic carbocycles. The number of anilines is 1. The van der Waals surface area contributed by atoms with Crippen LogP contribution in [0.15, 0.2) is 30.3 Å². The summed E-state index contributed by atoms with van der Waals surface area (Å²) in [6, 6.07) is 9.27. The van der Waals surface area contributed by atoms with E-state index in [9.17, 15) is 14.4 Å². The Labute approximate surface area is 162 Å². The third-order valence-electron chi connectivity index (χ3n) is 5.19. The van der Waals surface area contributed by atoms with E-state index in [2.05, 4.69) is 4.90 Å². The van der Waals surface area contributed by atoms with Crippen molar-refractivity contribution < 1.29 is 23.9 Å². The topological polar surface area (TPSA) is 76.2 Å². The van der Waals surface area contributed by atoms with Gasteiger partial charge in [-0.3, -0.25) is 19.3 Å². The summed E-state index contributed by atoms with van der Waals surface area (Å²) >= 11 is 0. The maximum Gasteiger partial charge on any atom is 0.305 e. The van der Waals surface area contributed by atoms with E-state index in [4.69, 9.17) is 9.47 Å². The molecule has 0 N–H and O–H groups in total. The molecule has 0 aromatic heterocycles. The second-order valence-electron chi connectivity index (χ2n) is 6.80. The number of imide groups is 1. The van der Waals surface area contributed by atoms with Crippen LogP contribution in [0, 0.1) is 0 Å². The number of hydrogen-bond acceptors (Lipinski definition) is 6. The highest BCUT2D eigenvalue weighted by Crippen LogP contribution is 2.36. The number of rotatable bonds is 5. The van der Waals surface area contributed by atoms with Crippen molar-refractivity contribution in [3.63, 3.8) is 0 Å². The Morgan fingerprint density at radius 2 is 1.79 bits per heavy atom. The molecule has 0 radical (unpaired) electrons. The van der Waals surface area contributed by atoms with Gasteiger partial charge in [0.25, 0.3) is 11.8 Å². The number of morpholine rings is 1. The number of hydrogen-bond donors (Lipinski definition) is 0. The van der Waals surface area contributed by atoms with Gasteiger partial charge in [0.1, 0.15) is 6.61 Å². The number of nitrogens with zero attached hydrogens (tertiary/aromatic N) is 2. The molecular weight excluding hydrogens is 360 g/mol. The summed E-state index contributed by atoms with van der Waals surface area (Å²) in [6.45, 7) is 4.61. The van der Waals surface area contributed by atoms with Crippen LogP contribution in [0.5, 0.6) is 0 Å². The van der Waals surface area contributed by atoms with Crippen molar-refractivity contribution in [3.05, 3.63) is 41.5 Å². The molecule has 2 aliphatic rings. The predicted octanol–water partition coefficient (Wildman–Crippen LogP) is 2.23. The fourth-order valence-electron chi connectivity index (χ4n) is 3.77. The molecule has 2 heterocycles. The number of carbonyl (C=O) groups excluding carboxylic acids is 3. The van der Waals surface area contributed by atoms with Gasteiger partial charge in [-0.25, -0.2) is 0 Å². The van der Waals surface area contributed by atoms with E-state index in [1.54, 1.807) is 19.1 Å². The zero-order valence-corrected chi connectivity index (χ0v) is 15.8. The molecule has 0 atom stereocenters. The minimum atomic E-state index is -0.352. The van der Waals surface area contributed by atoms with Gasteiger partial charge in [0.15, 0.2) is 0 Å². The van der Waals surface area contributed by atoms with Gasteiger partial charge in [-0.2, -0.15) is 0 Å². The lowest BCUT2D eigenvalue weighted by Gasteiger charge is -2.32. The van der Waals surface area contributed by atoms with E-state index in [1.807, 2.05) is 18.2 Å². The molecule has 146 valence electrons. The zero-order chi connectivity index (χ0) is 19.7. The van der Waals surface area contributed by atoms with Gasteiger partial charge >= 0.3 is 5.97 Å². The minimum absolute atomic E-state index is 0.00131. The highest BCUT2D eigenvalue weighted by Gasteiger charge is 2.33. The third kappa shape index (κ3) is 3.11. The van der Waals surface area contributed by atoms with E-state index in [-0.39, 0.29) is 37.4 Å². The molecule has 1 saturated heterocycles. The number of ether oxygens (including phenoxy) is 2. The van der Waals surface area contributed by atoms with Gasteiger partial charge in [0.2, 0.25) is 0 Å². The lowest BCUT2D eigenvalue weighted by atomic mass is 9.92. The van der Waals surface area contributed by atoms with Crippen LogP contribution in [0.1, 0.15) is 34.1 Å². The van der Waals surface area contributed by atoms with Crippen molar-refractivity contribution >= 4 is 34.2 Å². The summed E-state index contributed by atoms with van der Waals surface area (Å²) in [7, 11) is 0. The number of esters is 1. The van der Waals surface area contributed by atoms with Gasteiger partial charge in [-0.15, -0.1) is 0 Å². The lowest BCUT2D eigenvalue weighted by Crippen LogP contribution is -2.42. The first-order valence-corrected chi connectivity index (χ1v) is 9.52. The zero-order valence-electron chi connectivity index (χ0n) is 15.8. The van der Waals surface area contributed by atoms with Crippen LogP contribution in [0.2, 0.25) is 0 Å². The molecule has 2 aromatic rings. The molecule has 7 heteroatoms. The monoisotopic (exact) mass is 382 g/mol. The predicted molar refractivity (Wildman–Crippen MR) is 104 cm³/mol. The standard InChI is InChI=1S/C21H22N2O5/c1-2-18(24)28-13-10-23-20(25)15-5-3-4-14-17(22-8-11-27-12-9-22)7-6-16(19(14)15)21(23)26/h3-7H,2,8-13H2,1H3. The number of amides is 2. The lowest BCUT2D eigenvalue weighted by molar-refractivity contribution is -0.143. The van der Waals surface area contributed by atoms with Gasteiger partial charge in [-0.1, -0.05) is 19.1 Å². The van der Waals surface area contributed by atoms with E-state index >= 15 is 0 Å². The van der Waals surface area contributed by atoms with Crippen LogP contribution in [-0.2, 0) is 14.3 Å². The summed E-state index contributed by atoms with van der Waals surface area (Å²) in [5.41, 5.74) is 2.02. The van der Waals surface area contributed by atoms with Crippen LogP contribution >= 0.6 is 0 Å². The molecule has 0 unspecified atom stereocenters. The molecule has 0 saturated carbocycles. The van der Waals surface area contributed by atoms with Gasteiger partial charge in [-0.05, 0) is 18.2 Å². The summed E-state index contributed by atoms with van der Waals surface area (Å²) in [5.74, 6) is -1.06. The van der Waals surface area contributed by atoms with Crippen LogP contribution in [-0.4, -0.2) is 62.1 Å². The largest absolute Gasteiger partial charge is 0.464 e. The quantitative estimate of drug-likeness (QED) is 0.583. The van der Waals surface area contributed by atoms with Crippen LogP contribution in [0.3, 0.4) is 0 Å². The van der Waals surface area contributed by atoms with Crippen molar-refractivity contribution in [1.82, 2.24) is 4.90 Å². The molecular formula is C21H22N2O5. The summed E-state index contributed by atoms with van der Waals surface area (Å²) in [6.07, 6.45) is 0.258.